The Morgan fingerprint density at radius 3 is 1.65 bits per heavy atom. The highest BCUT2D eigenvalue weighted by Crippen LogP contribution is 2.20. The van der Waals surface area contributed by atoms with Crippen LogP contribution in [0.5, 0.6) is 0 Å². The lowest BCUT2D eigenvalue weighted by atomic mass is 10.2. The van der Waals surface area contributed by atoms with E-state index in [-0.39, 0.29) is 12.2 Å². The van der Waals surface area contributed by atoms with Crippen molar-refractivity contribution in [3.63, 3.8) is 0 Å². The molecular weight excluding hydrogens is 272 g/mol. The Bertz CT molecular complexity index is 328. The van der Waals surface area contributed by atoms with E-state index < -0.39 is 30.1 Å². The lowest BCUT2D eigenvalue weighted by Crippen LogP contribution is -2.48. The molecule has 8 heteroatoms. The largest absolute Gasteiger partial charge is 0.479 e. The summed E-state index contributed by atoms with van der Waals surface area (Å²) in [6.07, 6.45) is -5.23. The molecule has 0 aromatic heterocycles. The Morgan fingerprint density at radius 1 is 0.950 bits per heavy atom. The number of carboxylic acid groups (broad SMARTS) is 1. The number of hydrogen-bond donors (Lipinski definition) is 3. The first-order valence-corrected chi connectivity index (χ1v) is 6.16. The molecule has 0 bridgehead atoms. The molecule has 0 aromatic carbocycles. The van der Waals surface area contributed by atoms with Gasteiger partial charge in [0.1, 0.15) is 0 Å². The van der Waals surface area contributed by atoms with Gasteiger partial charge in [-0.05, 0) is 27.7 Å². The predicted molar refractivity (Wildman–Crippen MR) is 66.6 cm³/mol. The van der Waals surface area contributed by atoms with Gasteiger partial charge in [0.05, 0.1) is 12.2 Å². The first-order valence-electron chi connectivity index (χ1n) is 6.16. The summed E-state index contributed by atoms with van der Waals surface area (Å²) in [6, 6.07) is 0. The van der Waals surface area contributed by atoms with Gasteiger partial charge in [0.2, 0.25) is 0 Å². The SMILES string of the molecule is CC(C)OC(C)(OC(=O)C(O)C(O)C(=O)O)OC(C)C. The van der Waals surface area contributed by atoms with Crippen molar-refractivity contribution in [2.24, 2.45) is 0 Å². The van der Waals surface area contributed by atoms with Crippen molar-refractivity contribution in [1.29, 1.82) is 0 Å². The second-order valence-corrected chi connectivity index (χ2v) is 4.84. The number of rotatable bonds is 8. The number of carbonyl (C=O) groups excluding carboxylic acids is 1. The molecule has 8 nitrogen and oxygen atoms in total. The molecule has 2 atom stereocenters. The van der Waals surface area contributed by atoms with Crippen LogP contribution < -0.4 is 0 Å². The monoisotopic (exact) mass is 294 g/mol. The zero-order chi connectivity index (χ0) is 16.1. The van der Waals surface area contributed by atoms with Gasteiger partial charge in [-0.25, -0.2) is 9.59 Å². The fourth-order valence-corrected chi connectivity index (χ4v) is 1.44. The average molecular weight is 294 g/mol. The van der Waals surface area contributed by atoms with E-state index >= 15 is 0 Å². The maximum absolute atomic E-state index is 11.6. The molecular formula is C12H22O8. The zero-order valence-electron chi connectivity index (χ0n) is 12.2. The number of esters is 1. The minimum Gasteiger partial charge on any atom is -0.479 e. The number of ether oxygens (including phenoxy) is 3. The molecule has 118 valence electrons. The summed E-state index contributed by atoms with van der Waals surface area (Å²) in [5.41, 5.74) is 0. The third-order valence-corrected chi connectivity index (χ3v) is 1.98. The maximum atomic E-state index is 11.6. The summed E-state index contributed by atoms with van der Waals surface area (Å²) in [4.78, 5) is 22.1. The van der Waals surface area contributed by atoms with E-state index in [0.29, 0.717) is 0 Å². The Balaban J connectivity index is 4.89. The second-order valence-electron chi connectivity index (χ2n) is 4.84. The van der Waals surface area contributed by atoms with Crippen LogP contribution in [-0.4, -0.2) is 57.6 Å². The van der Waals surface area contributed by atoms with E-state index in [1.54, 1.807) is 27.7 Å². The third-order valence-electron chi connectivity index (χ3n) is 1.98. The van der Waals surface area contributed by atoms with Crippen molar-refractivity contribution < 1.29 is 39.1 Å². The van der Waals surface area contributed by atoms with Crippen molar-refractivity contribution >= 4 is 11.9 Å². The molecule has 0 amide bonds. The average Bonchev–Trinajstić information content (AvgIpc) is 2.23. The molecule has 0 aliphatic carbocycles. The minimum absolute atomic E-state index is 0.354. The number of aliphatic hydroxyl groups is 2. The van der Waals surface area contributed by atoms with E-state index in [2.05, 4.69) is 0 Å². The molecule has 0 fully saturated rings. The minimum atomic E-state index is -2.29. The quantitative estimate of drug-likeness (QED) is 0.417. The molecule has 2 unspecified atom stereocenters. The topological polar surface area (TPSA) is 123 Å². The van der Waals surface area contributed by atoms with Crippen LogP contribution >= 0.6 is 0 Å². The molecule has 0 saturated heterocycles. The fraction of sp³-hybridized carbons (Fsp3) is 0.833. The number of carboxylic acids is 1. The number of aliphatic carboxylic acids is 1. The van der Waals surface area contributed by atoms with E-state index in [1.807, 2.05) is 0 Å². The summed E-state index contributed by atoms with van der Waals surface area (Å²) in [6.45, 7) is 8.03. The molecule has 0 saturated carbocycles. The summed E-state index contributed by atoms with van der Waals surface area (Å²) >= 11 is 0. The Hall–Kier alpha value is -1.22. The fourth-order valence-electron chi connectivity index (χ4n) is 1.44. The van der Waals surface area contributed by atoms with Gasteiger partial charge in [0.25, 0.3) is 0 Å². The van der Waals surface area contributed by atoms with Crippen LogP contribution in [0.4, 0.5) is 0 Å². The highest BCUT2D eigenvalue weighted by Gasteiger charge is 2.39. The molecule has 0 spiro atoms. The van der Waals surface area contributed by atoms with E-state index in [0.717, 1.165) is 0 Å². The number of aliphatic hydroxyl groups excluding tert-OH is 2. The Morgan fingerprint density at radius 2 is 1.35 bits per heavy atom. The Labute approximate surface area is 117 Å². The van der Waals surface area contributed by atoms with Crippen LogP contribution in [-0.2, 0) is 23.8 Å². The second kappa shape index (κ2) is 7.53. The summed E-state index contributed by atoms with van der Waals surface area (Å²) in [7, 11) is 0. The smallest absolute Gasteiger partial charge is 0.342 e. The maximum Gasteiger partial charge on any atom is 0.342 e. The molecule has 0 aliphatic heterocycles. The van der Waals surface area contributed by atoms with Gasteiger partial charge in [0.15, 0.2) is 12.2 Å². The van der Waals surface area contributed by atoms with Crippen molar-refractivity contribution in [1.82, 2.24) is 0 Å². The van der Waals surface area contributed by atoms with Gasteiger partial charge in [-0.15, -0.1) is 0 Å². The number of hydrogen-bond acceptors (Lipinski definition) is 7. The van der Waals surface area contributed by atoms with Crippen LogP contribution in [0, 0.1) is 0 Å². The molecule has 0 rings (SSSR count). The van der Waals surface area contributed by atoms with Gasteiger partial charge in [-0.1, -0.05) is 0 Å². The summed E-state index contributed by atoms with van der Waals surface area (Å²) in [5.74, 6) is -4.90. The van der Waals surface area contributed by atoms with Gasteiger partial charge in [-0.2, -0.15) is 0 Å². The van der Waals surface area contributed by atoms with Crippen LogP contribution in [0.15, 0.2) is 0 Å². The van der Waals surface area contributed by atoms with Gasteiger partial charge < -0.3 is 29.5 Å². The highest BCUT2D eigenvalue weighted by atomic mass is 16.9. The molecule has 3 N–H and O–H groups in total. The van der Waals surface area contributed by atoms with E-state index in [9.17, 15) is 14.7 Å². The third kappa shape index (κ3) is 6.29. The zero-order valence-corrected chi connectivity index (χ0v) is 12.2. The molecule has 0 aliphatic rings. The normalized spacial score (nSPS) is 15.2. The predicted octanol–water partition coefficient (Wildman–Crippen LogP) is -0.140. The first kappa shape index (κ1) is 18.8. The number of carbonyl (C=O) groups is 2. The molecule has 0 heterocycles. The standard InChI is InChI=1S/C12H22O8/c1-6(2)18-12(5,19-7(3)4)20-11(17)9(14)8(13)10(15)16/h6-9,13-14H,1-5H3,(H,15,16). The van der Waals surface area contributed by atoms with Crippen molar-refractivity contribution in [3.8, 4) is 0 Å². The summed E-state index contributed by atoms with van der Waals surface area (Å²) < 4.78 is 15.4. The van der Waals surface area contributed by atoms with E-state index in [4.69, 9.17) is 24.4 Å². The van der Waals surface area contributed by atoms with Crippen LogP contribution in [0.2, 0.25) is 0 Å². The first-order chi connectivity index (χ1) is 8.98. The van der Waals surface area contributed by atoms with Crippen molar-refractivity contribution in [3.05, 3.63) is 0 Å². The van der Waals surface area contributed by atoms with Gasteiger partial charge in [-0.3, -0.25) is 0 Å². The van der Waals surface area contributed by atoms with Gasteiger partial charge in [0, 0.05) is 6.92 Å². The van der Waals surface area contributed by atoms with Gasteiger partial charge >= 0.3 is 17.9 Å². The van der Waals surface area contributed by atoms with E-state index in [1.165, 1.54) is 6.92 Å². The van der Waals surface area contributed by atoms with Crippen LogP contribution in [0.3, 0.4) is 0 Å². The van der Waals surface area contributed by atoms with Crippen molar-refractivity contribution in [2.45, 2.75) is 65.0 Å². The van der Waals surface area contributed by atoms with Crippen LogP contribution in [0.25, 0.3) is 0 Å². The van der Waals surface area contributed by atoms with Crippen LogP contribution in [0.1, 0.15) is 34.6 Å². The summed E-state index contributed by atoms with van der Waals surface area (Å²) in [5, 5.41) is 27.0. The lowest BCUT2D eigenvalue weighted by molar-refractivity contribution is -0.375. The molecule has 0 radical (unpaired) electrons. The highest BCUT2D eigenvalue weighted by molar-refractivity contribution is 5.84. The molecule has 20 heavy (non-hydrogen) atoms. The molecule has 0 aromatic rings. The lowest BCUT2D eigenvalue weighted by Gasteiger charge is -2.33. The Kier molecular flexibility index (Phi) is 7.07. The van der Waals surface area contributed by atoms with Crippen molar-refractivity contribution in [2.75, 3.05) is 0 Å².